The fourth-order valence-electron chi connectivity index (χ4n) is 3.13. The van der Waals surface area contributed by atoms with Gasteiger partial charge in [0, 0.05) is 40.8 Å². The number of benzene rings is 1. The minimum Gasteiger partial charge on any atom is -0.357 e. The van der Waals surface area contributed by atoms with Crippen molar-refractivity contribution in [1.29, 1.82) is 0 Å². The Morgan fingerprint density at radius 2 is 2.25 bits per heavy atom. The molecular formula is C15H19N3O2. The van der Waals surface area contributed by atoms with Crippen LogP contribution >= 0.6 is 0 Å². The normalized spacial score (nSPS) is 18.4. The lowest BCUT2D eigenvalue weighted by molar-refractivity contribution is -0.384. The van der Waals surface area contributed by atoms with Gasteiger partial charge in [-0.15, -0.1) is 0 Å². The van der Waals surface area contributed by atoms with E-state index in [0.29, 0.717) is 12.1 Å². The summed E-state index contributed by atoms with van der Waals surface area (Å²) in [6, 6.07) is 5.83. The van der Waals surface area contributed by atoms with E-state index in [-0.39, 0.29) is 10.6 Å². The Hall–Kier alpha value is -1.88. The van der Waals surface area contributed by atoms with Crippen LogP contribution in [0.3, 0.4) is 0 Å². The van der Waals surface area contributed by atoms with Crippen molar-refractivity contribution in [3.63, 3.8) is 0 Å². The first-order chi connectivity index (χ1) is 9.56. The predicted molar refractivity (Wildman–Crippen MR) is 78.9 cm³/mol. The summed E-state index contributed by atoms with van der Waals surface area (Å²) in [5.74, 6) is 0. The fraction of sp³-hybridized carbons (Fsp3) is 0.467. The van der Waals surface area contributed by atoms with Crippen molar-refractivity contribution in [3.8, 4) is 0 Å². The minimum absolute atomic E-state index is 0.165. The second-order valence-electron chi connectivity index (χ2n) is 5.77. The smallest absolute Gasteiger partial charge is 0.270 e. The third kappa shape index (κ3) is 2.18. The van der Waals surface area contributed by atoms with Crippen molar-refractivity contribution in [1.82, 2.24) is 10.3 Å². The summed E-state index contributed by atoms with van der Waals surface area (Å²) in [5, 5.41) is 15.5. The molecule has 1 aliphatic carbocycles. The first-order valence-electron chi connectivity index (χ1n) is 7.11. The molecule has 20 heavy (non-hydrogen) atoms. The third-order valence-corrected chi connectivity index (χ3v) is 3.94. The SMILES string of the molecule is CC(C)N[C@@H]1CCCc2c1[nH]c1ccc([N+](=O)[O-])cc21. The number of fused-ring (bicyclic) bond motifs is 3. The van der Waals surface area contributed by atoms with Crippen LogP contribution < -0.4 is 5.32 Å². The van der Waals surface area contributed by atoms with E-state index in [0.717, 1.165) is 30.2 Å². The first kappa shape index (κ1) is 13.1. The fourth-order valence-corrected chi connectivity index (χ4v) is 3.13. The van der Waals surface area contributed by atoms with Gasteiger partial charge in [-0.3, -0.25) is 10.1 Å². The maximum Gasteiger partial charge on any atom is 0.270 e. The van der Waals surface area contributed by atoms with Gasteiger partial charge in [0.15, 0.2) is 0 Å². The molecule has 2 N–H and O–H groups in total. The Labute approximate surface area is 117 Å². The zero-order chi connectivity index (χ0) is 14.3. The Kier molecular flexibility index (Phi) is 3.22. The molecule has 0 unspecified atom stereocenters. The molecule has 1 aliphatic rings. The Morgan fingerprint density at radius 1 is 1.45 bits per heavy atom. The molecule has 1 heterocycles. The van der Waals surface area contributed by atoms with Gasteiger partial charge >= 0.3 is 0 Å². The molecule has 0 bridgehead atoms. The van der Waals surface area contributed by atoms with Crippen molar-refractivity contribution in [2.24, 2.45) is 0 Å². The van der Waals surface area contributed by atoms with Crippen molar-refractivity contribution < 1.29 is 4.92 Å². The number of aromatic amines is 1. The van der Waals surface area contributed by atoms with Crippen LogP contribution in [0.25, 0.3) is 10.9 Å². The molecule has 0 aliphatic heterocycles. The molecule has 3 rings (SSSR count). The monoisotopic (exact) mass is 273 g/mol. The van der Waals surface area contributed by atoms with E-state index in [2.05, 4.69) is 24.1 Å². The van der Waals surface area contributed by atoms with Gasteiger partial charge in [0.25, 0.3) is 5.69 Å². The van der Waals surface area contributed by atoms with Crippen molar-refractivity contribution >= 4 is 16.6 Å². The Morgan fingerprint density at radius 3 is 2.95 bits per heavy atom. The maximum atomic E-state index is 10.9. The van der Waals surface area contributed by atoms with Crippen molar-refractivity contribution in [3.05, 3.63) is 39.6 Å². The number of nitro groups is 1. The van der Waals surface area contributed by atoms with E-state index in [4.69, 9.17) is 0 Å². The number of H-pyrrole nitrogens is 1. The minimum atomic E-state index is -0.328. The number of hydrogen-bond acceptors (Lipinski definition) is 3. The molecule has 1 aromatic carbocycles. The number of nitrogens with zero attached hydrogens (tertiary/aromatic N) is 1. The van der Waals surface area contributed by atoms with Gasteiger partial charge in [0.05, 0.1) is 4.92 Å². The molecule has 0 fully saturated rings. The number of rotatable bonds is 3. The van der Waals surface area contributed by atoms with Gasteiger partial charge in [-0.05, 0) is 30.9 Å². The summed E-state index contributed by atoms with van der Waals surface area (Å²) in [7, 11) is 0. The van der Waals surface area contributed by atoms with E-state index in [9.17, 15) is 10.1 Å². The number of aromatic nitrogens is 1. The summed E-state index contributed by atoms with van der Waals surface area (Å²) >= 11 is 0. The van der Waals surface area contributed by atoms with E-state index in [1.165, 1.54) is 11.3 Å². The summed E-state index contributed by atoms with van der Waals surface area (Å²) in [6.07, 6.45) is 3.22. The lowest BCUT2D eigenvalue weighted by Gasteiger charge is -2.25. The molecule has 5 nitrogen and oxygen atoms in total. The molecule has 106 valence electrons. The molecule has 0 amide bonds. The highest BCUT2D eigenvalue weighted by Crippen LogP contribution is 2.36. The van der Waals surface area contributed by atoms with Crippen LogP contribution in [0.5, 0.6) is 0 Å². The Bertz CT molecular complexity index is 660. The van der Waals surface area contributed by atoms with Crippen LogP contribution in [0.15, 0.2) is 18.2 Å². The van der Waals surface area contributed by atoms with E-state index < -0.39 is 0 Å². The number of aryl methyl sites for hydroxylation is 1. The average Bonchev–Trinajstić information content (AvgIpc) is 2.77. The zero-order valence-electron chi connectivity index (χ0n) is 11.8. The third-order valence-electron chi connectivity index (χ3n) is 3.94. The highest BCUT2D eigenvalue weighted by atomic mass is 16.6. The van der Waals surface area contributed by atoms with Gasteiger partial charge in [-0.1, -0.05) is 13.8 Å². The summed E-state index contributed by atoms with van der Waals surface area (Å²) in [6.45, 7) is 4.28. The molecule has 2 aromatic rings. The second kappa shape index (κ2) is 4.90. The molecule has 0 saturated carbocycles. The number of nitrogens with one attached hydrogen (secondary N) is 2. The first-order valence-corrected chi connectivity index (χ1v) is 7.11. The standard InChI is InChI=1S/C15H19N3O2/c1-9(2)16-14-5-3-4-11-12-8-10(18(19)20)6-7-13(12)17-15(11)14/h6-9,14,16-17H,3-5H2,1-2H3/t14-/m1/s1. The summed E-state index contributed by atoms with van der Waals surface area (Å²) in [5.41, 5.74) is 3.62. The Balaban J connectivity index is 2.10. The van der Waals surface area contributed by atoms with Crippen molar-refractivity contribution in [2.45, 2.75) is 45.2 Å². The highest BCUT2D eigenvalue weighted by molar-refractivity contribution is 5.87. The lowest BCUT2D eigenvalue weighted by atomic mass is 9.91. The molecule has 1 aromatic heterocycles. The number of hydrogen-bond donors (Lipinski definition) is 2. The van der Waals surface area contributed by atoms with E-state index in [1.54, 1.807) is 12.1 Å². The summed E-state index contributed by atoms with van der Waals surface area (Å²) < 4.78 is 0. The van der Waals surface area contributed by atoms with Crippen LogP contribution in [-0.2, 0) is 6.42 Å². The van der Waals surface area contributed by atoms with Crippen LogP contribution in [0, 0.1) is 10.1 Å². The van der Waals surface area contributed by atoms with Gasteiger partial charge in [-0.2, -0.15) is 0 Å². The van der Waals surface area contributed by atoms with Gasteiger partial charge in [0.1, 0.15) is 0 Å². The van der Waals surface area contributed by atoms with Crippen molar-refractivity contribution in [2.75, 3.05) is 0 Å². The van der Waals surface area contributed by atoms with Crippen LogP contribution in [0.1, 0.15) is 44.0 Å². The number of nitro benzene ring substituents is 1. The average molecular weight is 273 g/mol. The predicted octanol–water partition coefficient (Wildman–Crippen LogP) is 3.45. The molecule has 0 spiro atoms. The number of non-ortho nitro benzene ring substituents is 1. The maximum absolute atomic E-state index is 10.9. The van der Waals surface area contributed by atoms with Crippen LogP contribution in [0.4, 0.5) is 5.69 Å². The molecule has 5 heteroatoms. The van der Waals surface area contributed by atoms with Gasteiger partial charge in [0.2, 0.25) is 0 Å². The largest absolute Gasteiger partial charge is 0.357 e. The van der Waals surface area contributed by atoms with Gasteiger partial charge < -0.3 is 10.3 Å². The van der Waals surface area contributed by atoms with E-state index >= 15 is 0 Å². The zero-order valence-corrected chi connectivity index (χ0v) is 11.8. The summed E-state index contributed by atoms with van der Waals surface area (Å²) in [4.78, 5) is 14.1. The molecular weight excluding hydrogens is 254 g/mol. The van der Waals surface area contributed by atoms with E-state index in [1.807, 2.05) is 6.07 Å². The molecule has 0 saturated heterocycles. The molecule has 0 radical (unpaired) electrons. The second-order valence-corrected chi connectivity index (χ2v) is 5.77. The lowest BCUT2D eigenvalue weighted by Crippen LogP contribution is -2.30. The van der Waals surface area contributed by atoms with Gasteiger partial charge in [-0.25, -0.2) is 0 Å². The topological polar surface area (TPSA) is 71.0 Å². The van der Waals surface area contributed by atoms with Crippen LogP contribution in [0.2, 0.25) is 0 Å². The van der Waals surface area contributed by atoms with Crippen LogP contribution in [-0.4, -0.2) is 15.9 Å². The molecule has 1 atom stereocenters. The quantitative estimate of drug-likeness (QED) is 0.664. The highest BCUT2D eigenvalue weighted by Gasteiger charge is 2.25.